The molecule has 4 heteroatoms. The van der Waals surface area contributed by atoms with Crippen LogP contribution in [0.4, 0.5) is 0 Å². The van der Waals surface area contributed by atoms with Crippen molar-refractivity contribution in [2.45, 2.75) is 51.7 Å². The van der Waals surface area contributed by atoms with Gasteiger partial charge in [0.25, 0.3) is 0 Å². The number of carbonyl (C=O) groups excluding carboxylic acids is 1. The molecule has 3 aliphatic carbocycles. The van der Waals surface area contributed by atoms with Crippen molar-refractivity contribution in [3.05, 3.63) is 24.3 Å². The molecule has 0 saturated heterocycles. The lowest BCUT2D eigenvalue weighted by atomic mass is 9.46. The third kappa shape index (κ3) is 2.42. The molecule has 0 aliphatic heterocycles. The molecule has 3 saturated carbocycles. The van der Waals surface area contributed by atoms with Crippen LogP contribution in [0.15, 0.2) is 24.3 Å². The van der Waals surface area contributed by atoms with Crippen LogP contribution in [0.2, 0.25) is 0 Å². The van der Waals surface area contributed by atoms with Crippen LogP contribution in [0.5, 0.6) is 0 Å². The van der Waals surface area contributed by atoms with Crippen LogP contribution in [-0.2, 0) is 4.79 Å². The predicted octanol–water partition coefficient (Wildman–Crippen LogP) is 2.09. The highest BCUT2D eigenvalue weighted by atomic mass is 16.3. The first kappa shape index (κ1) is 17.8. The van der Waals surface area contributed by atoms with E-state index in [0.29, 0.717) is 41.4 Å². The van der Waals surface area contributed by atoms with E-state index in [1.54, 1.807) is 0 Å². The van der Waals surface area contributed by atoms with Gasteiger partial charge in [-0.3, -0.25) is 4.79 Å². The Morgan fingerprint density at radius 3 is 2.79 bits per heavy atom. The topological polar surface area (TPSA) is 77.8 Å². The van der Waals surface area contributed by atoms with Crippen molar-refractivity contribution in [2.24, 2.45) is 35.0 Å². The minimum atomic E-state index is -1.36. The molecule has 0 radical (unpaired) electrons. The molecule has 3 aliphatic rings. The molecule has 0 bridgehead atoms. The van der Waals surface area contributed by atoms with Crippen LogP contribution in [0.25, 0.3) is 0 Å². The highest BCUT2D eigenvalue weighted by molar-refractivity contribution is 5.90. The quantitative estimate of drug-likeness (QED) is 0.673. The monoisotopic (exact) mass is 334 g/mol. The molecule has 0 aromatic carbocycles. The lowest BCUT2D eigenvalue weighted by Gasteiger charge is -2.56. The van der Waals surface area contributed by atoms with Crippen LogP contribution in [0.3, 0.4) is 0 Å². The first-order chi connectivity index (χ1) is 11.1. The summed E-state index contributed by atoms with van der Waals surface area (Å²) in [5, 5.41) is 29.4. The number of hydrogen-bond donors (Lipinski definition) is 3. The lowest BCUT2D eigenvalue weighted by molar-refractivity contribution is -0.149. The van der Waals surface area contributed by atoms with Gasteiger partial charge in [0, 0.05) is 11.8 Å². The van der Waals surface area contributed by atoms with E-state index in [2.05, 4.69) is 20.4 Å². The summed E-state index contributed by atoms with van der Waals surface area (Å²) in [6.45, 7) is 9.55. The number of hydrogen-bond acceptors (Lipinski definition) is 4. The van der Waals surface area contributed by atoms with Crippen molar-refractivity contribution < 1.29 is 20.1 Å². The van der Waals surface area contributed by atoms with Gasteiger partial charge in [-0.15, -0.1) is 0 Å². The standard InChI is InChI=1S/C20H30O4/c1-11-5-6-14-17(11)18-13(9-16(23)20(14,18)4)12(2)15(22)7-8-19(3,24)10-21/h7-8,11,13-15,17-18,21-22,24H,2,5-6,9-10H2,1,3-4H3/b8-7+/t11-,13?,14?,15?,17?,18+,19?,20+/m1/s1. The summed E-state index contributed by atoms with van der Waals surface area (Å²) < 4.78 is 0. The SMILES string of the molecule is C=C(C(O)/C=C/C(C)(O)CO)C1CC(=O)[C@]2(C)C3CC[C@@H](C)C3[C@H]12. The van der Waals surface area contributed by atoms with Crippen LogP contribution in [-0.4, -0.2) is 39.4 Å². The molecule has 4 nitrogen and oxygen atoms in total. The van der Waals surface area contributed by atoms with Gasteiger partial charge >= 0.3 is 0 Å². The normalized spacial score (nSPS) is 44.8. The van der Waals surface area contributed by atoms with E-state index >= 15 is 0 Å². The highest BCUT2D eigenvalue weighted by Gasteiger charge is 2.71. The Kier molecular flexibility index (Phi) is 4.30. The average Bonchev–Trinajstić information content (AvgIpc) is 2.97. The van der Waals surface area contributed by atoms with Crippen LogP contribution < -0.4 is 0 Å². The zero-order chi connectivity index (χ0) is 17.9. The maximum Gasteiger partial charge on any atom is 0.139 e. The second-order valence-corrected chi connectivity index (χ2v) is 8.67. The Balaban J connectivity index is 1.78. The second-order valence-electron chi connectivity index (χ2n) is 8.67. The number of rotatable bonds is 5. The van der Waals surface area contributed by atoms with E-state index in [0.717, 1.165) is 6.42 Å². The molecule has 0 aromatic rings. The van der Waals surface area contributed by atoms with Crippen LogP contribution in [0, 0.1) is 35.0 Å². The summed E-state index contributed by atoms with van der Waals surface area (Å²) >= 11 is 0. The molecular formula is C20H30O4. The summed E-state index contributed by atoms with van der Waals surface area (Å²) in [4.78, 5) is 12.7. The van der Waals surface area contributed by atoms with Gasteiger partial charge in [-0.1, -0.05) is 39.0 Å². The maximum atomic E-state index is 12.7. The van der Waals surface area contributed by atoms with E-state index in [1.165, 1.54) is 25.5 Å². The maximum absolute atomic E-state index is 12.7. The summed E-state index contributed by atoms with van der Waals surface area (Å²) in [6, 6.07) is 0. The minimum Gasteiger partial charge on any atom is -0.393 e. The molecule has 0 amide bonds. The molecule has 0 heterocycles. The number of carbonyl (C=O) groups is 1. The van der Waals surface area contributed by atoms with Crippen LogP contribution >= 0.6 is 0 Å². The van der Waals surface area contributed by atoms with Crippen molar-refractivity contribution in [2.75, 3.05) is 6.61 Å². The third-order valence-corrected chi connectivity index (χ3v) is 7.19. The molecule has 0 aromatic heterocycles. The van der Waals surface area contributed by atoms with E-state index in [4.69, 9.17) is 5.11 Å². The summed E-state index contributed by atoms with van der Waals surface area (Å²) in [6.07, 6.45) is 4.79. The molecule has 3 N–H and O–H groups in total. The fourth-order valence-electron chi connectivity index (χ4n) is 5.74. The Hall–Kier alpha value is -0.970. The zero-order valence-corrected chi connectivity index (χ0v) is 14.9. The number of Topliss-reactive ketones (excluding diaryl/α,β-unsaturated/α-hetero) is 1. The summed E-state index contributed by atoms with van der Waals surface area (Å²) in [5.74, 6) is 2.35. The van der Waals surface area contributed by atoms with Crippen molar-refractivity contribution >= 4 is 5.78 Å². The van der Waals surface area contributed by atoms with Gasteiger partial charge in [0.15, 0.2) is 0 Å². The van der Waals surface area contributed by atoms with Gasteiger partial charge in [0.05, 0.1) is 12.7 Å². The zero-order valence-electron chi connectivity index (χ0n) is 14.9. The molecule has 3 rings (SSSR count). The van der Waals surface area contributed by atoms with E-state index in [-0.39, 0.29) is 11.3 Å². The minimum absolute atomic E-state index is 0.0167. The molecule has 24 heavy (non-hydrogen) atoms. The van der Waals surface area contributed by atoms with Gasteiger partial charge in [-0.05, 0) is 48.5 Å². The molecule has 8 atom stereocenters. The number of aliphatic hydroxyl groups is 3. The highest BCUT2D eigenvalue weighted by Crippen LogP contribution is 2.72. The van der Waals surface area contributed by atoms with Crippen molar-refractivity contribution in [3.63, 3.8) is 0 Å². The van der Waals surface area contributed by atoms with Gasteiger partial charge in [0.1, 0.15) is 11.4 Å². The third-order valence-electron chi connectivity index (χ3n) is 7.19. The van der Waals surface area contributed by atoms with Crippen molar-refractivity contribution in [1.82, 2.24) is 0 Å². The number of aliphatic hydroxyl groups excluding tert-OH is 2. The summed E-state index contributed by atoms with van der Waals surface area (Å²) in [7, 11) is 0. The first-order valence-electron chi connectivity index (χ1n) is 9.06. The predicted molar refractivity (Wildman–Crippen MR) is 92.1 cm³/mol. The Bertz CT molecular complexity index is 578. The fourth-order valence-corrected chi connectivity index (χ4v) is 5.74. The van der Waals surface area contributed by atoms with Crippen LogP contribution in [0.1, 0.15) is 40.0 Å². The molecule has 134 valence electrons. The molecule has 0 spiro atoms. The van der Waals surface area contributed by atoms with Gasteiger partial charge in [-0.2, -0.15) is 0 Å². The average molecular weight is 334 g/mol. The van der Waals surface area contributed by atoms with E-state index in [9.17, 15) is 15.0 Å². The van der Waals surface area contributed by atoms with Gasteiger partial charge < -0.3 is 15.3 Å². The molecule has 3 fully saturated rings. The van der Waals surface area contributed by atoms with Crippen molar-refractivity contribution in [3.8, 4) is 0 Å². The molecule has 5 unspecified atom stereocenters. The largest absolute Gasteiger partial charge is 0.393 e. The Labute approximate surface area is 144 Å². The second kappa shape index (κ2) is 5.79. The number of ketones is 1. The first-order valence-corrected chi connectivity index (χ1v) is 9.06. The number of fused-ring (bicyclic) bond motifs is 4. The summed E-state index contributed by atoms with van der Waals surface area (Å²) in [5.41, 5.74) is -0.925. The van der Waals surface area contributed by atoms with Crippen molar-refractivity contribution in [1.29, 1.82) is 0 Å². The Morgan fingerprint density at radius 1 is 1.50 bits per heavy atom. The lowest BCUT2D eigenvalue weighted by Crippen LogP contribution is -2.56. The Morgan fingerprint density at radius 2 is 2.17 bits per heavy atom. The fraction of sp³-hybridized carbons (Fsp3) is 0.750. The van der Waals surface area contributed by atoms with Gasteiger partial charge in [0.2, 0.25) is 0 Å². The smallest absolute Gasteiger partial charge is 0.139 e. The van der Waals surface area contributed by atoms with Gasteiger partial charge in [-0.25, -0.2) is 0 Å². The molecular weight excluding hydrogens is 304 g/mol. The van der Waals surface area contributed by atoms with E-state index < -0.39 is 18.3 Å². The van der Waals surface area contributed by atoms with E-state index in [1.807, 2.05) is 0 Å².